The molecule has 4 heteroatoms. The minimum absolute atomic E-state index is 0.249. The quantitative estimate of drug-likeness (QED) is 0.760. The van der Waals surface area contributed by atoms with Crippen LogP contribution in [0.5, 0.6) is 0 Å². The van der Waals surface area contributed by atoms with Gasteiger partial charge in [0.1, 0.15) is 0 Å². The van der Waals surface area contributed by atoms with Crippen molar-refractivity contribution in [1.82, 2.24) is 5.32 Å². The monoisotopic (exact) mass is 297 g/mol. The van der Waals surface area contributed by atoms with E-state index in [-0.39, 0.29) is 17.0 Å². The summed E-state index contributed by atoms with van der Waals surface area (Å²) in [6.45, 7) is 6.59. The third kappa shape index (κ3) is 5.63. The Bertz CT molecular complexity index is 469. The fraction of sp³-hybridized carbons (Fsp3) is 0.625. The van der Waals surface area contributed by atoms with E-state index in [0.29, 0.717) is 6.42 Å². The minimum atomic E-state index is -2.92. The average Bonchev–Trinajstić information content (AvgIpc) is 2.43. The average molecular weight is 297 g/mol. The maximum atomic E-state index is 11.8. The fourth-order valence-electron chi connectivity index (χ4n) is 2.11. The summed E-state index contributed by atoms with van der Waals surface area (Å²) in [5.41, 5.74) is 1.24. The van der Waals surface area contributed by atoms with Crippen LogP contribution in [0, 0.1) is 0 Å². The van der Waals surface area contributed by atoms with Gasteiger partial charge in [0.2, 0.25) is 0 Å². The fourth-order valence-corrected chi connectivity index (χ4v) is 3.16. The van der Waals surface area contributed by atoms with Crippen LogP contribution in [-0.2, 0) is 9.84 Å². The smallest absolute Gasteiger partial charge is 0.152 e. The summed E-state index contributed by atoms with van der Waals surface area (Å²) in [5, 5.41) is 3.23. The summed E-state index contributed by atoms with van der Waals surface area (Å²) in [7, 11) is -2.92. The molecule has 0 saturated carbocycles. The molecular weight excluding hydrogens is 270 g/mol. The Labute approximate surface area is 123 Å². The van der Waals surface area contributed by atoms with Gasteiger partial charge in [0.05, 0.1) is 11.0 Å². The Morgan fingerprint density at radius 3 is 2.35 bits per heavy atom. The van der Waals surface area contributed by atoms with E-state index in [9.17, 15) is 8.42 Å². The van der Waals surface area contributed by atoms with Gasteiger partial charge in [-0.2, -0.15) is 0 Å². The normalized spacial score (nSPS) is 13.6. The second-order valence-electron chi connectivity index (χ2n) is 5.48. The molecule has 0 aromatic heterocycles. The third-order valence-corrected chi connectivity index (χ3v) is 5.78. The Kier molecular flexibility index (Phi) is 7.24. The van der Waals surface area contributed by atoms with Crippen molar-refractivity contribution in [3.05, 3.63) is 35.9 Å². The molecule has 1 unspecified atom stereocenters. The predicted molar refractivity (Wildman–Crippen MR) is 85.6 cm³/mol. The molecule has 3 nitrogen and oxygen atoms in total. The van der Waals surface area contributed by atoms with E-state index < -0.39 is 9.84 Å². The molecule has 20 heavy (non-hydrogen) atoms. The Hall–Kier alpha value is -0.870. The van der Waals surface area contributed by atoms with Gasteiger partial charge in [-0.3, -0.25) is 0 Å². The van der Waals surface area contributed by atoms with Gasteiger partial charge in [-0.25, -0.2) is 8.42 Å². The number of nitrogens with one attached hydrogen (secondary N) is 1. The van der Waals surface area contributed by atoms with Gasteiger partial charge in [-0.15, -0.1) is 0 Å². The highest BCUT2D eigenvalue weighted by atomic mass is 32.2. The number of hydrogen-bond donors (Lipinski definition) is 1. The highest BCUT2D eigenvalue weighted by Crippen LogP contribution is 2.19. The molecule has 0 fully saturated rings. The van der Waals surface area contributed by atoms with Crippen molar-refractivity contribution in [2.75, 3.05) is 12.3 Å². The number of sulfone groups is 1. The standard InChI is InChI=1S/C16H27NO2S/c1-4-12-17-16(15-9-6-5-7-10-15)11-8-13-20(18,19)14(2)3/h5-7,9-10,14,16-17H,4,8,11-13H2,1-3H3. The summed E-state index contributed by atoms with van der Waals surface area (Å²) < 4.78 is 23.7. The van der Waals surface area contributed by atoms with Crippen LogP contribution >= 0.6 is 0 Å². The van der Waals surface area contributed by atoms with Crippen LogP contribution in [0.2, 0.25) is 0 Å². The van der Waals surface area contributed by atoms with E-state index in [4.69, 9.17) is 0 Å². The topological polar surface area (TPSA) is 46.2 Å². The first-order valence-corrected chi connectivity index (χ1v) is 9.18. The Balaban J connectivity index is 2.58. The van der Waals surface area contributed by atoms with Crippen LogP contribution in [0.25, 0.3) is 0 Å². The first kappa shape index (κ1) is 17.2. The van der Waals surface area contributed by atoms with Crippen molar-refractivity contribution < 1.29 is 8.42 Å². The SMILES string of the molecule is CCCNC(CCCS(=O)(=O)C(C)C)c1ccccc1. The second-order valence-corrected chi connectivity index (χ2v) is 8.15. The van der Waals surface area contributed by atoms with Crippen molar-refractivity contribution in [2.24, 2.45) is 0 Å². The number of hydrogen-bond acceptors (Lipinski definition) is 3. The first-order chi connectivity index (χ1) is 9.47. The van der Waals surface area contributed by atoms with E-state index in [1.165, 1.54) is 5.56 Å². The van der Waals surface area contributed by atoms with Crippen molar-refractivity contribution in [3.63, 3.8) is 0 Å². The van der Waals surface area contributed by atoms with Gasteiger partial charge < -0.3 is 5.32 Å². The van der Waals surface area contributed by atoms with Crippen LogP contribution in [0.4, 0.5) is 0 Å². The largest absolute Gasteiger partial charge is 0.310 e. The zero-order valence-electron chi connectivity index (χ0n) is 12.8. The van der Waals surface area contributed by atoms with Crippen LogP contribution < -0.4 is 5.32 Å². The van der Waals surface area contributed by atoms with Crippen molar-refractivity contribution in [1.29, 1.82) is 0 Å². The summed E-state index contributed by atoms with van der Waals surface area (Å²) in [6, 6.07) is 10.5. The molecule has 0 aliphatic carbocycles. The van der Waals surface area contributed by atoms with Gasteiger partial charge in [-0.05, 0) is 45.2 Å². The van der Waals surface area contributed by atoms with E-state index in [2.05, 4.69) is 24.4 Å². The summed E-state index contributed by atoms with van der Waals surface area (Å²) in [6.07, 6.45) is 2.64. The van der Waals surface area contributed by atoms with Crippen LogP contribution in [0.15, 0.2) is 30.3 Å². The van der Waals surface area contributed by atoms with Gasteiger partial charge >= 0.3 is 0 Å². The minimum Gasteiger partial charge on any atom is -0.310 e. The molecule has 1 N–H and O–H groups in total. The predicted octanol–water partition coefficient (Wildman–Crippen LogP) is 3.33. The summed E-state index contributed by atoms with van der Waals surface area (Å²) in [4.78, 5) is 0. The Morgan fingerprint density at radius 2 is 1.80 bits per heavy atom. The lowest BCUT2D eigenvalue weighted by Crippen LogP contribution is -2.24. The third-order valence-electron chi connectivity index (χ3n) is 3.48. The van der Waals surface area contributed by atoms with Gasteiger partial charge in [0.15, 0.2) is 9.84 Å². The number of rotatable bonds is 9. The highest BCUT2D eigenvalue weighted by molar-refractivity contribution is 7.91. The molecule has 1 aromatic rings. The molecule has 1 atom stereocenters. The molecule has 0 heterocycles. The lowest BCUT2D eigenvalue weighted by atomic mass is 10.0. The van der Waals surface area contributed by atoms with Crippen molar-refractivity contribution >= 4 is 9.84 Å². The van der Waals surface area contributed by atoms with Gasteiger partial charge in [0, 0.05) is 6.04 Å². The molecule has 0 bridgehead atoms. The van der Waals surface area contributed by atoms with Crippen LogP contribution in [-0.4, -0.2) is 26.0 Å². The van der Waals surface area contributed by atoms with Gasteiger partial charge in [0.25, 0.3) is 0 Å². The molecule has 0 amide bonds. The van der Waals surface area contributed by atoms with E-state index in [1.54, 1.807) is 13.8 Å². The second kappa shape index (κ2) is 8.42. The van der Waals surface area contributed by atoms with Crippen molar-refractivity contribution in [2.45, 2.75) is 51.3 Å². The van der Waals surface area contributed by atoms with Crippen LogP contribution in [0.1, 0.15) is 51.6 Å². The zero-order chi connectivity index (χ0) is 15.0. The highest BCUT2D eigenvalue weighted by Gasteiger charge is 2.17. The molecule has 0 saturated heterocycles. The maximum absolute atomic E-state index is 11.8. The van der Waals surface area contributed by atoms with E-state index in [0.717, 1.165) is 19.4 Å². The molecule has 0 aliphatic heterocycles. The molecule has 0 radical (unpaired) electrons. The zero-order valence-corrected chi connectivity index (χ0v) is 13.6. The van der Waals surface area contributed by atoms with E-state index in [1.807, 2.05) is 18.2 Å². The molecule has 1 aromatic carbocycles. The van der Waals surface area contributed by atoms with Crippen LogP contribution in [0.3, 0.4) is 0 Å². The molecular formula is C16H27NO2S. The van der Waals surface area contributed by atoms with E-state index >= 15 is 0 Å². The molecule has 114 valence electrons. The molecule has 1 rings (SSSR count). The maximum Gasteiger partial charge on any atom is 0.152 e. The van der Waals surface area contributed by atoms with Gasteiger partial charge in [-0.1, -0.05) is 37.3 Å². The van der Waals surface area contributed by atoms with Crippen molar-refractivity contribution in [3.8, 4) is 0 Å². The lowest BCUT2D eigenvalue weighted by molar-refractivity contribution is 0.491. The lowest BCUT2D eigenvalue weighted by Gasteiger charge is -2.19. The summed E-state index contributed by atoms with van der Waals surface area (Å²) >= 11 is 0. The molecule has 0 spiro atoms. The Morgan fingerprint density at radius 1 is 1.15 bits per heavy atom. The summed E-state index contributed by atoms with van der Waals surface area (Å²) in [5.74, 6) is 0.280. The molecule has 0 aliphatic rings. The first-order valence-electron chi connectivity index (χ1n) is 7.47. The number of benzene rings is 1.